The highest BCUT2D eigenvalue weighted by Crippen LogP contribution is 2.37. The number of nitrogens with zero attached hydrogens (tertiary/aromatic N) is 5. The highest BCUT2D eigenvalue weighted by atomic mass is 16.5. The first kappa shape index (κ1) is 23.4. The first-order valence-corrected chi connectivity index (χ1v) is 11.3. The Kier molecular flexibility index (Phi) is 6.61. The number of methoxy groups -OCH3 is 1. The standard InChI is InChI=1S/C26H33N7O/c1-17-15-28-26(30-25(17)19-16-33(5)22-10-8-7-9-18(19)22)29-21-13-20(27)23(14-24(21)34-6)32(4)12-11-31(2)3/h7-10,13-16H,11-12,27H2,1-6H3,(H,28,29,30). The number of para-hydroxylation sites is 1. The molecule has 0 fully saturated rings. The Morgan fingerprint density at radius 2 is 1.88 bits per heavy atom. The highest BCUT2D eigenvalue weighted by molar-refractivity contribution is 5.96. The number of aromatic nitrogens is 3. The Morgan fingerprint density at radius 1 is 1.12 bits per heavy atom. The van der Waals surface area contributed by atoms with Crippen molar-refractivity contribution in [3.05, 3.63) is 54.4 Å². The van der Waals surface area contributed by atoms with Gasteiger partial charge in [0.2, 0.25) is 5.95 Å². The number of rotatable bonds is 8. The quantitative estimate of drug-likeness (QED) is 0.381. The monoisotopic (exact) mass is 459 g/mol. The van der Waals surface area contributed by atoms with Gasteiger partial charge in [0.1, 0.15) is 5.75 Å². The molecule has 0 aliphatic carbocycles. The summed E-state index contributed by atoms with van der Waals surface area (Å²) in [5, 5.41) is 4.47. The van der Waals surface area contributed by atoms with Crippen LogP contribution in [0, 0.1) is 6.92 Å². The Bertz CT molecular complexity index is 1310. The molecule has 0 aliphatic heterocycles. The second kappa shape index (κ2) is 9.61. The maximum atomic E-state index is 6.42. The predicted molar refractivity (Wildman–Crippen MR) is 141 cm³/mol. The van der Waals surface area contributed by atoms with Crippen LogP contribution in [0.3, 0.4) is 0 Å². The van der Waals surface area contributed by atoms with Crippen LogP contribution in [0.1, 0.15) is 5.56 Å². The van der Waals surface area contributed by atoms with Crippen LogP contribution in [-0.4, -0.2) is 60.8 Å². The lowest BCUT2D eigenvalue weighted by atomic mass is 10.1. The third-order valence-corrected chi connectivity index (χ3v) is 6.01. The van der Waals surface area contributed by atoms with Gasteiger partial charge in [-0.2, -0.15) is 0 Å². The molecule has 0 bridgehead atoms. The normalized spacial score (nSPS) is 11.3. The number of nitrogens with two attached hydrogens (primary N) is 1. The number of hydrogen-bond acceptors (Lipinski definition) is 7. The molecule has 2 heterocycles. The molecule has 34 heavy (non-hydrogen) atoms. The molecule has 0 unspecified atom stereocenters. The van der Waals surface area contributed by atoms with Crippen LogP contribution < -0.4 is 20.7 Å². The minimum atomic E-state index is 0.486. The van der Waals surface area contributed by atoms with Gasteiger partial charge in [-0.15, -0.1) is 0 Å². The summed E-state index contributed by atoms with van der Waals surface area (Å²) in [5.74, 6) is 1.16. The minimum Gasteiger partial charge on any atom is -0.494 e. The van der Waals surface area contributed by atoms with E-state index in [0.29, 0.717) is 17.4 Å². The molecule has 2 aromatic carbocycles. The summed E-state index contributed by atoms with van der Waals surface area (Å²) in [5.41, 5.74) is 12.9. The molecule has 0 saturated carbocycles. The summed E-state index contributed by atoms with van der Waals surface area (Å²) in [7, 11) is 9.84. The van der Waals surface area contributed by atoms with Crippen LogP contribution in [0.4, 0.5) is 23.0 Å². The van der Waals surface area contributed by atoms with E-state index in [1.54, 1.807) is 7.11 Å². The maximum Gasteiger partial charge on any atom is 0.227 e. The van der Waals surface area contributed by atoms with Crippen LogP contribution >= 0.6 is 0 Å². The molecule has 4 rings (SSSR count). The van der Waals surface area contributed by atoms with Crippen molar-refractivity contribution in [1.82, 2.24) is 19.4 Å². The van der Waals surface area contributed by atoms with Gasteiger partial charge in [-0.25, -0.2) is 9.97 Å². The van der Waals surface area contributed by atoms with Crippen molar-refractivity contribution in [3.63, 3.8) is 0 Å². The molecule has 3 N–H and O–H groups in total. The smallest absolute Gasteiger partial charge is 0.227 e. The Hall–Kier alpha value is -3.78. The molecule has 0 atom stereocenters. The number of anilines is 4. The minimum absolute atomic E-state index is 0.486. The van der Waals surface area contributed by atoms with Crippen LogP contribution in [0.5, 0.6) is 5.75 Å². The molecule has 4 aromatic rings. The third kappa shape index (κ3) is 4.63. The van der Waals surface area contributed by atoms with Crippen molar-refractivity contribution in [2.45, 2.75) is 6.92 Å². The topological polar surface area (TPSA) is 84.5 Å². The fraction of sp³-hybridized carbons (Fsp3) is 0.308. The van der Waals surface area contributed by atoms with Gasteiger partial charge in [0.05, 0.1) is 29.9 Å². The first-order chi connectivity index (χ1) is 16.3. The lowest BCUT2D eigenvalue weighted by Gasteiger charge is -2.24. The predicted octanol–water partition coefficient (Wildman–Crippen LogP) is 4.28. The number of benzene rings is 2. The lowest BCUT2D eigenvalue weighted by molar-refractivity contribution is 0.413. The number of likely N-dealkylation sites (N-methyl/N-ethyl adjacent to an activating group) is 2. The van der Waals surface area contributed by atoms with Crippen LogP contribution in [0.2, 0.25) is 0 Å². The average molecular weight is 460 g/mol. The largest absolute Gasteiger partial charge is 0.494 e. The van der Waals surface area contributed by atoms with Gasteiger partial charge < -0.3 is 30.2 Å². The van der Waals surface area contributed by atoms with Crippen LogP contribution in [0.15, 0.2) is 48.8 Å². The van der Waals surface area contributed by atoms with Crippen molar-refractivity contribution in [3.8, 4) is 17.0 Å². The Balaban J connectivity index is 1.67. The molecule has 178 valence electrons. The highest BCUT2D eigenvalue weighted by Gasteiger charge is 2.16. The van der Waals surface area contributed by atoms with Gasteiger partial charge in [-0.3, -0.25) is 0 Å². The van der Waals surface area contributed by atoms with Crippen molar-refractivity contribution in [1.29, 1.82) is 0 Å². The van der Waals surface area contributed by atoms with Crippen molar-refractivity contribution >= 4 is 33.9 Å². The molecule has 8 nitrogen and oxygen atoms in total. The SMILES string of the molecule is COc1cc(N(C)CCN(C)C)c(N)cc1Nc1ncc(C)c(-c2cn(C)c3ccccc23)n1. The zero-order valence-corrected chi connectivity index (χ0v) is 20.8. The number of nitrogen functional groups attached to an aromatic ring is 1. The molecule has 8 heteroatoms. The van der Waals surface area contributed by atoms with Gasteiger partial charge in [0.15, 0.2) is 0 Å². The molecule has 2 aromatic heterocycles. The average Bonchev–Trinajstić information content (AvgIpc) is 3.15. The number of hydrogen-bond donors (Lipinski definition) is 2. The van der Waals surface area contributed by atoms with Gasteiger partial charge in [0.25, 0.3) is 0 Å². The van der Waals surface area contributed by atoms with E-state index in [4.69, 9.17) is 15.5 Å². The van der Waals surface area contributed by atoms with Crippen molar-refractivity contribution in [2.24, 2.45) is 7.05 Å². The summed E-state index contributed by atoms with van der Waals surface area (Å²) in [6.07, 6.45) is 3.95. The summed E-state index contributed by atoms with van der Waals surface area (Å²) in [6, 6.07) is 12.2. The number of aryl methyl sites for hydroxylation is 2. The number of nitrogens with one attached hydrogen (secondary N) is 1. The van der Waals surface area contributed by atoms with E-state index in [2.05, 4.69) is 57.1 Å². The van der Waals surface area contributed by atoms with E-state index < -0.39 is 0 Å². The summed E-state index contributed by atoms with van der Waals surface area (Å²) in [6.45, 7) is 3.80. The van der Waals surface area contributed by atoms with Crippen molar-refractivity contribution in [2.75, 3.05) is 57.3 Å². The lowest BCUT2D eigenvalue weighted by Crippen LogP contribution is -2.29. The molecular formula is C26H33N7O. The van der Waals surface area contributed by atoms with E-state index in [9.17, 15) is 0 Å². The Labute approximate surface area is 201 Å². The summed E-state index contributed by atoms with van der Waals surface area (Å²) >= 11 is 0. The molecule has 0 radical (unpaired) electrons. The number of ether oxygens (including phenoxy) is 1. The molecule has 0 aliphatic rings. The fourth-order valence-electron chi connectivity index (χ4n) is 4.08. The first-order valence-electron chi connectivity index (χ1n) is 11.3. The van der Waals surface area contributed by atoms with E-state index in [1.165, 1.54) is 0 Å². The molecular weight excluding hydrogens is 426 g/mol. The van der Waals surface area contributed by atoms with Gasteiger partial charge in [0, 0.05) is 62.1 Å². The zero-order valence-electron chi connectivity index (χ0n) is 20.8. The Morgan fingerprint density at radius 3 is 2.62 bits per heavy atom. The van der Waals surface area contributed by atoms with E-state index in [1.807, 2.05) is 51.5 Å². The van der Waals surface area contributed by atoms with E-state index >= 15 is 0 Å². The zero-order chi connectivity index (χ0) is 24.4. The van der Waals surface area contributed by atoms with E-state index in [-0.39, 0.29) is 0 Å². The van der Waals surface area contributed by atoms with Gasteiger partial charge in [-0.1, -0.05) is 18.2 Å². The second-order valence-corrected chi connectivity index (χ2v) is 8.86. The van der Waals surface area contributed by atoms with Crippen molar-refractivity contribution < 1.29 is 4.74 Å². The van der Waals surface area contributed by atoms with Gasteiger partial charge in [-0.05, 0) is 38.7 Å². The molecule has 0 amide bonds. The van der Waals surface area contributed by atoms with Crippen LogP contribution in [0.25, 0.3) is 22.2 Å². The summed E-state index contributed by atoms with van der Waals surface area (Å²) in [4.78, 5) is 13.7. The van der Waals surface area contributed by atoms with Gasteiger partial charge >= 0.3 is 0 Å². The second-order valence-electron chi connectivity index (χ2n) is 8.86. The third-order valence-electron chi connectivity index (χ3n) is 6.01. The molecule has 0 saturated heterocycles. The van der Waals surface area contributed by atoms with E-state index in [0.717, 1.165) is 52.2 Å². The fourth-order valence-corrected chi connectivity index (χ4v) is 4.08. The molecule has 0 spiro atoms. The number of fused-ring (bicyclic) bond motifs is 1. The van der Waals surface area contributed by atoms with Crippen LogP contribution in [-0.2, 0) is 7.05 Å². The maximum absolute atomic E-state index is 6.42. The summed E-state index contributed by atoms with van der Waals surface area (Å²) < 4.78 is 7.79.